The highest BCUT2D eigenvalue weighted by Crippen LogP contribution is 2.22. The average molecular weight is 430 g/mol. The highest BCUT2D eigenvalue weighted by atomic mass is 35.5. The molecule has 0 bridgehead atoms. The number of ether oxygens (including phenoxy) is 1. The van der Waals surface area contributed by atoms with Crippen LogP contribution in [0.25, 0.3) is 0 Å². The van der Waals surface area contributed by atoms with Gasteiger partial charge in [-0.2, -0.15) is 0 Å². The first-order valence-electron chi connectivity index (χ1n) is 7.67. The number of hydrogen-bond acceptors (Lipinski definition) is 7. The minimum Gasteiger partial charge on any atom is -0.455 e. The number of aromatic nitrogens is 1. The van der Waals surface area contributed by atoms with Gasteiger partial charge in [-0.3, -0.25) is 10.1 Å². The van der Waals surface area contributed by atoms with Gasteiger partial charge in [0.2, 0.25) is 5.71 Å². The topological polar surface area (TPSA) is 89.9 Å². The normalized spacial score (nSPS) is 11.9. The van der Waals surface area contributed by atoms with Crippen LogP contribution in [-0.4, -0.2) is 35.3 Å². The number of amides is 1. The second-order valence-electron chi connectivity index (χ2n) is 6.27. The van der Waals surface area contributed by atoms with E-state index in [-0.39, 0.29) is 22.1 Å². The van der Waals surface area contributed by atoms with Gasteiger partial charge in [0.05, 0.1) is 0 Å². The molecule has 0 atom stereocenters. The second kappa shape index (κ2) is 8.69. The molecule has 0 saturated heterocycles. The van der Waals surface area contributed by atoms with Crippen LogP contribution in [0.15, 0.2) is 28.7 Å². The lowest BCUT2D eigenvalue weighted by molar-refractivity contribution is -0.146. The molecular formula is C17H17Cl2N3O4S. The predicted octanol–water partition coefficient (Wildman–Crippen LogP) is 4.39. The van der Waals surface area contributed by atoms with Gasteiger partial charge in [0.25, 0.3) is 5.91 Å². The van der Waals surface area contributed by atoms with Gasteiger partial charge in [-0.25, -0.2) is 9.78 Å². The van der Waals surface area contributed by atoms with Crippen LogP contribution in [0.1, 0.15) is 36.8 Å². The van der Waals surface area contributed by atoms with Crippen molar-refractivity contribution in [1.29, 1.82) is 0 Å². The fourth-order valence-electron chi connectivity index (χ4n) is 1.90. The molecule has 0 aliphatic heterocycles. The van der Waals surface area contributed by atoms with Gasteiger partial charge in [0, 0.05) is 21.0 Å². The molecule has 2 rings (SSSR count). The largest absolute Gasteiger partial charge is 0.455 e. The van der Waals surface area contributed by atoms with Gasteiger partial charge in [-0.05, 0) is 39.0 Å². The van der Waals surface area contributed by atoms with Crippen LogP contribution in [-0.2, 0) is 14.4 Å². The van der Waals surface area contributed by atoms with Crippen molar-refractivity contribution in [3.8, 4) is 0 Å². The first-order valence-corrected chi connectivity index (χ1v) is 9.30. The third-order valence-electron chi connectivity index (χ3n) is 2.87. The highest BCUT2D eigenvalue weighted by molar-refractivity contribution is 7.14. The fourth-order valence-corrected chi connectivity index (χ4v) is 3.12. The zero-order chi connectivity index (χ0) is 20.2. The molecule has 1 amide bonds. The summed E-state index contributed by atoms with van der Waals surface area (Å²) >= 11 is 12.9. The van der Waals surface area contributed by atoms with Crippen molar-refractivity contribution in [3.05, 3.63) is 44.9 Å². The van der Waals surface area contributed by atoms with Crippen LogP contribution in [0.4, 0.5) is 5.13 Å². The summed E-state index contributed by atoms with van der Waals surface area (Å²) in [7, 11) is 1.31. The van der Waals surface area contributed by atoms with Crippen molar-refractivity contribution in [2.75, 3.05) is 12.4 Å². The number of nitrogens with zero attached hydrogens (tertiary/aromatic N) is 2. The smallest absolute Gasteiger partial charge is 0.363 e. The third kappa shape index (κ3) is 6.20. The number of esters is 1. The average Bonchev–Trinajstić information content (AvgIpc) is 2.97. The van der Waals surface area contributed by atoms with Gasteiger partial charge in [-0.15, -0.1) is 11.3 Å². The number of nitrogens with one attached hydrogen (secondary N) is 1. The summed E-state index contributed by atoms with van der Waals surface area (Å²) in [6.45, 7) is 5.20. The molecule has 0 aliphatic carbocycles. The molecular weight excluding hydrogens is 413 g/mol. The van der Waals surface area contributed by atoms with Crippen LogP contribution in [0.3, 0.4) is 0 Å². The number of thiazole rings is 1. The molecule has 10 heteroatoms. The summed E-state index contributed by atoms with van der Waals surface area (Å²) < 4.78 is 5.29. The van der Waals surface area contributed by atoms with E-state index in [0.717, 1.165) is 11.3 Å². The van der Waals surface area contributed by atoms with Crippen molar-refractivity contribution < 1.29 is 19.2 Å². The fraction of sp³-hybridized carbons (Fsp3) is 0.294. The minimum absolute atomic E-state index is 0.102. The lowest BCUT2D eigenvalue weighted by atomic mass is 10.2. The number of hydrogen-bond donors (Lipinski definition) is 1. The predicted molar refractivity (Wildman–Crippen MR) is 106 cm³/mol. The van der Waals surface area contributed by atoms with Gasteiger partial charge in [-0.1, -0.05) is 28.4 Å². The van der Waals surface area contributed by atoms with Crippen LogP contribution in [0, 0.1) is 0 Å². The molecule has 7 nitrogen and oxygen atoms in total. The number of oxime groups is 1. The summed E-state index contributed by atoms with van der Waals surface area (Å²) in [4.78, 5) is 33.5. The Morgan fingerprint density at radius 2 is 1.81 bits per heavy atom. The molecule has 1 aromatic carbocycles. The second-order valence-corrected chi connectivity index (χ2v) is 8.01. The Balaban J connectivity index is 2.19. The van der Waals surface area contributed by atoms with E-state index in [1.54, 1.807) is 26.2 Å². The van der Waals surface area contributed by atoms with Gasteiger partial charge < -0.3 is 9.57 Å². The number of carbonyl (C=O) groups excluding carboxylic acids is 2. The summed E-state index contributed by atoms with van der Waals surface area (Å²) in [6.07, 6.45) is 0. The van der Waals surface area contributed by atoms with Crippen LogP contribution in [0.2, 0.25) is 10.0 Å². The Morgan fingerprint density at radius 1 is 1.19 bits per heavy atom. The van der Waals surface area contributed by atoms with Crippen molar-refractivity contribution in [3.63, 3.8) is 0 Å². The third-order valence-corrected chi connectivity index (χ3v) is 4.06. The molecule has 0 aliphatic rings. The first kappa shape index (κ1) is 21.1. The molecule has 0 spiro atoms. The van der Waals surface area contributed by atoms with E-state index < -0.39 is 17.5 Å². The van der Waals surface area contributed by atoms with Gasteiger partial charge in [0.1, 0.15) is 18.4 Å². The van der Waals surface area contributed by atoms with E-state index in [0.29, 0.717) is 10.0 Å². The zero-order valence-electron chi connectivity index (χ0n) is 15.0. The van der Waals surface area contributed by atoms with Crippen molar-refractivity contribution in [2.24, 2.45) is 5.16 Å². The maximum atomic E-state index is 12.3. The molecule has 0 unspecified atom stereocenters. The Kier molecular flexibility index (Phi) is 6.80. The molecule has 0 fully saturated rings. The van der Waals surface area contributed by atoms with E-state index >= 15 is 0 Å². The van der Waals surface area contributed by atoms with E-state index in [4.69, 9.17) is 32.8 Å². The summed E-state index contributed by atoms with van der Waals surface area (Å²) in [6, 6.07) is 4.49. The maximum Gasteiger partial charge on any atom is 0.363 e. The van der Waals surface area contributed by atoms with Crippen molar-refractivity contribution >= 4 is 57.3 Å². The van der Waals surface area contributed by atoms with Crippen molar-refractivity contribution in [1.82, 2.24) is 4.98 Å². The van der Waals surface area contributed by atoms with Crippen LogP contribution >= 0.6 is 34.5 Å². The van der Waals surface area contributed by atoms with Gasteiger partial charge >= 0.3 is 5.97 Å². The number of carbonyl (C=O) groups is 2. The summed E-state index contributed by atoms with van der Waals surface area (Å²) in [5.74, 6) is -1.13. The number of anilines is 1. The summed E-state index contributed by atoms with van der Waals surface area (Å²) in [5.41, 5.74) is -0.308. The van der Waals surface area contributed by atoms with E-state index in [1.807, 2.05) is 0 Å². The Hall–Kier alpha value is -2.16. The standard InChI is InChI=1S/C17H17Cl2N3O4S/c1-17(2,3)26-15(24)13(22-25-4)12-8-27-16(20-12)21-14(23)9-5-10(18)7-11(19)6-9/h5-8H,1-4H3,(H,20,21,23). The van der Waals surface area contributed by atoms with E-state index in [1.165, 1.54) is 25.3 Å². The number of halogens is 2. The highest BCUT2D eigenvalue weighted by Gasteiger charge is 2.25. The zero-order valence-corrected chi connectivity index (χ0v) is 17.3. The molecule has 0 saturated carbocycles. The molecule has 1 aromatic heterocycles. The molecule has 0 radical (unpaired) electrons. The molecule has 1 N–H and O–H groups in total. The Bertz CT molecular complexity index is 870. The maximum absolute atomic E-state index is 12.3. The van der Waals surface area contributed by atoms with E-state index in [2.05, 4.69) is 15.5 Å². The monoisotopic (exact) mass is 429 g/mol. The lowest BCUT2D eigenvalue weighted by Crippen LogP contribution is -2.29. The Morgan fingerprint density at radius 3 is 2.37 bits per heavy atom. The van der Waals surface area contributed by atoms with E-state index in [9.17, 15) is 9.59 Å². The minimum atomic E-state index is -0.704. The quantitative estimate of drug-likeness (QED) is 0.432. The van der Waals surface area contributed by atoms with Crippen LogP contribution < -0.4 is 5.32 Å². The van der Waals surface area contributed by atoms with Crippen LogP contribution in [0.5, 0.6) is 0 Å². The molecule has 2 aromatic rings. The Labute approximate surface area is 170 Å². The molecule has 27 heavy (non-hydrogen) atoms. The summed E-state index contributed by atoms with van der Waals surface area (Å²) in [5, 5.41) is 8.81. The molecule has 1 heterocycles. The SMILES string of the molecule is CON=C(C(=O)OC(C)(C)C)c1csc(NC(=O)c2cc(Cl)cc(Cl)c2)n1. The number of rotatable bonds is 5. The lowest BCUT2D eigenvalue weighted by Gasteiger charge is -2.19. The molecule has 144 valence electrons. The first-order chi connectivity index (χ1) is 12.6. The van der Waals surface area contributed by atoms with Crippen molar-refractivity contribution in [2.45, 2.75) is 26.4 Å². The van der Waals surface area contributed by atoms with Gasteiger partial charge in [0.15, 0.2) is 5.13 Å². The number of benzene rings is 1.